The lowest BCUT2D eigenvalue weighted by Crippen LogP contribution is -2.55. The largest absolute Gasteiger partial charge is 0.351 e. The number of hydrogen-bond acceptors (Lipinski definition) is 2. The highest BCUT2D eigenvalue weighted by Crippen LogP contribution is 2.62. The van der Waals surface area contributed by atoms with E-state index in [-0.39, 0.29) is 22.8 Å². The summed E-state index contributed by atoms with van der Waals surface area (Å²) in [5, 5.41) is 6.93. The number of amides is 1. The van der Waals surface area contributed by atoms with E-state index in [9.17, 15) is 4.79 Å². The van der Waals surface area contributed by atoms with Crippen molar-refractivity contribution in [2.45, 2.75) is 84.3 Å². The van der Waals surface area contributed by atoms with Gasteiger partial charge in [-0.25, -0.2) is 0 Å². The van der Waals surface area contributed by atoms with E-state index in [2.05, 4.69) is 38.3 Å². The Bertz CT molecular complexity index is 388. The lowest BCUT2D eigenvalue weighted by molar-refractivity contribution is -0.125. The van der Waals surface area contributed by atoms with Gasteiger partial charge in [0.1, 0.15) is 0 Å². The predicted molar refractivity (Wildman–Crippen MR) is 81.4 cm³/mol. The second kappa shape index (κ2) is 4.72. The van der Waals surface area contributed by atoms with Gasteiger partial charge in [-0.2, -0.15) is 0 Å². The van der Waals surface area contributed by atoms with Gasteiger partial charge in [0.05, 0.1) is 6.04 Å². The van der Waals surface area contributed by atoms with Crippen molar-refractivity contribution in [1.29, 1.82) is 0 Å². The molecule has 2 N–H and O–H groups in total. The second-order valence-electron chi connectivity index (χ2n) is 8.33. The molecule has 1 aliphatic heterocycles. The zero-order valence-electron chi connectivity index (χ0n) is 13.5. The van der Waals surface area contributed by atoms with Gasteiger partial charge in [-0.3, -0.25) is 4.79 Å². The summed E-state index contributed by atoms with van der Waals surface area (Å²) in [6, 6.07) is 0.961. The third kappa shape index (κ3) is 2.18. The molecule has 0 spiro atoms. The normalized spacial score (nSPS) is 38.9. The molecule has 3 heteroatoms. The lowest BCUT2D eigenvalue weighted by atomic mass is 9.77. The molecule has 2 saturated carbocycles. The Kier molecular flexibility index (Phi) is 3.39. The van der Waals surface area contributed by atoms with Crippen molar-refractivity contribution < 1.29 is 4.79 Å². The highest BCUT2D eigenvalue weighted by molar-refractivity contribution is 5.82. The van der Waals surface area contributed by atoms with Crippen LogP contribution in [0, 0.1) is 16.7 Å². The van der Waals surface area contributed by atoms with Gasteiger partial charge in [-0.1, -0.05) is 40.5 Å². The molecule has 1 saturated heterocycles. The Morgan fingerprint density at radius 2 is 1.65 bits per heavy atom. The van der Waals surface area contributed by atoms with Crippen molar-refractivity contribution in [3.05, 3.63) is 0 Å². The molecule has 0 radical (unpaired) electrons. The minimum atomic E-state index is 0.0431. The van der Waals surface area contributed by atoms with E-state index in [1.807, 2.05) is 0 Å². The molecule has 1 amide bonds. The predicted octanol–water partition coefficient (Wildman–Crippen LogP) is 2.85. The summed E-state index contributed by atoms with van der Waals surface area (Å²) in [6.07, 6.45) is 7.56. The highest BCUT2D eigenvalue weighted by Gasteiger charge is 2.65. The fourth-order valence-corrected chi connectivity index (χ4v) is 4.50. The Balaban J connectivity index is 1.56. The van der Waals surface area contributed by atoms with E-state index >= 15 is 0 Å². The molecule has 0 aromatic rings. The van der Waals surface area contributed by atoms with E-state index in [4.69, 9.17) is 0 Å². The minimum Gasteiger partial charge on any atom is -0.351 e. The zero-order valence-corrected chi connectivity index (χ0v) is 13.5. The first kappa shape index (κ1) is 14.4. The Labute approximate surface area is 123 Å². The van der Waals surface area contributed by atoms with Gasteiger partial charge in [-0.15, -0.1) is 0 Å². The van der Waals surface area contributed by atoms with Crippen molar-refractivity contribution in [3.8, 4) is 0 Å². The molecule has 2 aliphatic carbocycles. The minimum absolute atomic E-state index is 0.0431. The van der Waals surface area contributed by atoms with E-state index in [1.165, 1.54) is 32.1 Å². The van der Waals surface area contributed by atoms with Crippen LogP contribution < -0.4 is 10.6 Å². The summed E-state index contributed by atoms with van der Waals surface area (Å²) in [6.45, 7) is 9.01. The van der Waals surface area contributed by atoms with E-state index in [0.29, 0.717) is 12.1 Å². The topological polar surface area (TPSA) is 41.1 Å². The molecule has 3 fully saturated rings. The smallest absolute Gasteiger partial charge is 0.237 e. The van der Waals surface area contributed by atoms with Crippen LogP contribution in [-0.4, -0.2) is 24.0 Å². The summed E-state index contributed by atoms with van der Waals surface area (Å²) in [5.41, 5.74) is 0.454. The van der Waals surface area contributed by atoms with E-state index in [1.54, 1.807) is 0 Å². The number of carbonyl (C=O) groups is 1. The summed E-state index contributed by atoms with van der Waals surface area (Å²) >= 11 is 0. The van der Waals surface area contributed by atoms with Crippen LogP contribution >= 0.6 is 0 Å². The number of rotatable bonds is 2. The molecule has 0 bridgehead atoms. The van der Waals surface area contributed by atoms with Crippen LogP contribution in [0.25, 0.3) is 0 Å². The third-order valence-corrected chi connectivity index (χ3v) is 6.77. The Hall–Kier alpha value is -0.570. The highest BCUT2D eigenvalue weighted by atomic mass is 16.2. The fourth-order valence-electron chi connectivity index (χ4n) is 4.50. The first-order chi connectivity index (χ1) is 9.34. The van der Waals surface area contributed by atoms with Gasteiger partial charge in [0.25, 0.3) is 0 Å². The number of fused-ring (bicyclic) bond motifs is 1. The number of nitrogens with one attached hydrogen (secondary N) is 2. The molecule has 1 heterocycles. The van der Waals surface area contributed by atoms with Crippen molar-refractivity contribution in [2.24, 2.45) is 16.7 Å². The van der Waals surface area contributed by atoms with Crippen LogP contribution in [0.15, 0.2) is 0 Å². The lowest BCUT2D eigenvalue weighted by Gasteiger charge is -2.40. The maximum atomic E-state index is 12.5. The van der Waals surface area contributed by atoms with Gasteiger partial charge in [0.15, 0.2) is 0 Å². The molecule has 3 aliphatic rings. The SMILES string of the molecule is CC1(C)C(NC(=O)C2CCC3CCCCC3N2)C1(C)C. The molecular weight excluding hydrogens is 248 g/mol. The Morgan fingerprint density at radius 1 is 1.00 bits per heavy atom. The third-order valence-electron chi connectivity index (χ3n) is 6.77. The number of hydrogen-bond donors (Lipinski definition) is 2. The average molecular weight is 278 g/mol. The van der Waals surface area contributed by atoms with E-state index in [0.717, 1.165) is 12.3 Å². The van der Waals surface area contributed by atoms with Crippen LogP contribution in [-0.2, 0) is 4.79 Å². The fraction of sp³-hybridized carbons (Fsp3) is 0.941. The van der Waals surface area contributed by atoms with E-state index < -0.39 is 0 Å². The number of piperidine rings is 1. The molecule has 20 heavy (non-hydrogen) atoms. The monoisotopic (exact) mass is 278 g/mol. The van der Waals surface area contributed by atoms with Crippen LogP contribution in [0.3, 0.4) is 0 Å². The van der Waals surface area contributed by atoms with Crippen LogP contribution in [0.5, 0.6) is 0 Å². The molecule has 3 atom stereocenters. The van der Waals surface area contributed by atoms with Crippen LogP contribution in [0.2, 0.25) is 0 Å². The number of carbonyl (C=O) groups excluding carboxylic acids is 1. The van der Waals surface area contributed by atoms with Crippen molar-refractivity contribution in [2.75, 3.05) is 0 Å². The molecule has 0 aromatic heterocycles. The van der Waals surface area contributed by atoms with Crippen LogP contribution in [0.4, 0.5) is 0 Å². The quantitative estimate of drug-likeness (QED) is 0.815. The molecule has 0 aromatic carbocycles. The van der Waals surface area contributed by atoms with Gasteiger partial charge in [0, 0.05) is 12.1 Å². The van der Waals surface area contributed by atoms with Crippen molar-refractivity contribution in [1.82, 2.24) is 10.6 Å². The van der Waals surface area contributed by atoms with Gasteiger partial charge in [-0.05, 0) is 42.4 Å². The standard InChI is InChI=1S/C17H30N2O/c1-16(2)15(17(16,3)4)19-14(20)13-10-9-11-7-5-6-8-12(11)18-13/h11-13,15,18H,5-10H2,1-4H3,(H,19,20). The first-order valence-corrected chi connectivity index (χ1v) is 8.40. The molecule has 3 rings (SSSR count). The van der Waals surface area contributed by atoms with Gasteiger partial charge < -0.3 is 10.6 Å². The maximum Gasteiger partial charge on any atom is 0.237 e. The summed E-state index contributed by atoms with van der Waals surface area (Å²) < 4.78 is 0. The van der Waals surface area contributed by atoms with Crippen LogP contribution in [0.1, 0.15) is 66.2 Å². The zero-order chi connectivity index (χ0) is 14.5. The molecule has 3 nitrogen and oxygen atoms in total. The summed E-state index contributed by atoms with van der Waals surface area (Å²) in [7, 11) is 0. The first-order valence-electron chi connectivity index (χ1n) is 8.40. The van der Waals surface area contributed by atoms with Crippen molar-refractivity contribution in [3.63, 3.8) is 0 Å². The van der Waals surface area contributed by atoms with Gasteiger partial charge >= 0.3 is 0 Å². The van der Waals surface area contributed by atoms with Gasteiger partial charge in [0.2, 0.25) is 5.91 Å². The molecular formula is C17H30N2O. The summed E-state index contributed by atoms with van der Waals surface area (Å²) in [4.78, 5) is 12.5. The summed E-state index contributed by atoms with van der Waals surface area (Å²) in [5.74, 6) is 1.05. The Morgan fingerprint density at radius 3 is 2.30 bits per heavy atom. The molecule has 3 unspecified atom stereocenters. The maximum absolute atomic E-state index is 12.5. The average Bonchev–Trinajstić information content (AvgIpc) is 2.80. The molecule has 114 valence electrons. The van der Waals surface area contributed by atoms with Crippen molar-refractivity contribution >= 4 is 5.91 Å². The second-order valence-corrected chi connectivity index (χ2v) is 8.33.